The van der Waals surface area contributed by atoms with Gasteiger partial charge in [-0.05, 0) is 30.5 Å². The molecule has 3 rings (SSSR count). The van der Waals surface area contributed by atoms with Crippen LogP contribution in [0.2, 0.25) is 0 Å². The standard InChI is InChI=1S/C18H23FN4O3/c1-23-17(24)14(15(20)18(23)7-3-4-8-18)16(21)22-26-10-11-5-6-13(25-2)12(19)9-11/h5-6,9H,3-4,7-8,10,20H2,1-2H3,(H2,21,22). The molecular weight excluding hydrogens is 339 g/mol. The lowest BCUT2D eigenvalue weighted by molar-refractivity contribution is -0.127. The number of halogens is 1. The summed E-state index contributed by atoms with van der Waals surface area (Å²) in [6, 6.07) is 4.45. The summed E-state index contributed by atoms with van der Waals surface area (Å²) in [4.78, 5) is 19.4. The van der Waals surface area contributed by atoms with Crippen molar-refractivity contribution in [2.75, 3.05) is 14.2 Å². The largest absolute Gasteiger partial charge is 0.494 e. The van der Waals surface area contributed by atoms with Crippen molar-refractivity contribution in [3.8, 4) is 5.75 Å². The van der Waals surface area contributed by atoms with Gasteiger partial charge in [0.2, 0.25) is 0 Å². The van der Waals surface area contributed by atoms with Crippen molar-refractivity contribution < 1.29 is 18.8 Å². The maximum absolute atomic E-state index is 13.7. The van der Waals surface area contributed by atoms with Gasteiger partial charge in [0.15, 0.2) is 17.4 Å². The highest BCUT2D eigenvalue weighted by atomic mass is 19.1. The van der Waals surface area contributed by atoms with Crippen molar-refractivity contribution >= 4 is 11.7 Å². The van der Waals surface area contributed by atoms with Crippen LogP contribution in [0.3, 0.4) is 0 Å². The molecule has 1 aromatic rings. The zero-order chi connectivity index (χ0) is 18.9. The van der Waals surface area contributed by atoms with E-state index < -0.39 is 11.4 Å². The van der Waals surface area contributed by atoms with Gasteiger partial charge in [-0.3, -0.25) is 4.79 Å². The zero-order valence-corrected chi connectivity index (χ0v) is 14.9. The van der Waals surface area contributed by atoms with Gasteiger partial charge in [-0.25, -0.2) is 4.39 Å². The molecule has 1 aliphatic heterocycles. The molecule has 0 bridgehead atoms. The number of amides is 1. The van der Waals surface area contributed by atoms with Gasteiger partial charge in [0, 0.05) is 7.05 Å². The van der Waals surface area contributed by atoms with Gasteiger partial charge in [0.1, 0.15) is 12.2 Å². The van der Waals surface area contributed by atoms with Crippen LogP contribution in [-0.4, -0.2) is 36.3 Å². The summed E-state index contributed by atoms with van der Waals surface area (Å²) in [7, 11) is 3.13. The summed E-state index contributed by atoms with van der Waals surface area (Å²) in [6.07, 6.45) is 3.68. The van der Waals surface area contributed by atoms with Crippen LogP contribution in [0.5, 0.6) is 5.75 Å². The summed E-state index contributed by atoms with van der Waals surface area (Å²) in [6.45, 7) is 0.00394. The maximum Gasteiger partial charge on any atom is 0.260 e. The number of hydrogen-bond donors (Lipinski definition) is 2. The topological polar surface area (TPSA) is 103 Å². The smallest absolute Gasteiger partial charge is 0.260 e. The second-order valence-electron chi connectivity index (χ2n) is 6.61. The Morgan fingerprint density at radius 2 is 2.08 bits per heavy atom. The number of benzene rings is 1. The van der Waals surface area contributed by atoms with Crippen LogP contribution in [-0.2, 0) is 16.2 Å². The predicted octanol–water partition coefficient (Wildman–Crippen LogP) is 1.62. The van der Waals surface area contributed by atoms with Gasteiger partial charge in [0.05, 0.1) is 18.3 Å². The zero-order valence-electron chi connectivity index (χ0n) is 14.9. The number of oxime groups is 1. The molecule has 0 atom stereocenters. The highest BCUT2D eigenvalue weighted by molar-refractivity contribution is 6.22. The third-order valence-corrected chi connectivity index (χ3v) is 5.23. The van der Waals surface area contributed by atoms with E-state index in [9.17, 15) is 9.18 Å². The van der Waals surface area contributed by atoms with Crippen LogP contribution in [0.15, 0.2) is 34.6 Å². The molecule has 1 amide bonds. The van der Waals surface area contributed by atoms with Gasteiger partial charge >= 0.3 is 0 Å². The lowest BCUT2D eigenvalue weighted by Crippen LogP contribution is -2.45. The molecule has 7 nitrogen and oxygen atoms in total. The molecule has 0 radical (unpaired) electrons. The fourth-order valence-corrected chi connectivity index (χ4v) is 3.72. The van der Waals surface area contributed by atoms with E-state index in [2.05, 4.69) is 5.16 Å². The molecular formula is C18H23FN4O3. The highest BCUT2D eigenvalue weighted by Crippen LogP contribution is 2.44. The van der Waals surface area contributed by atoms with E-state index in [1.54, 1.807) is 18.0 Å². The summed E-state index contributed by atoms with van der Waals surface area (Å²) in [5.41, 5.74) is 13.0. The molecule has 0 aromatic heterocycles. The minimum atomic E-state index is -0.492. The molecule has 1 saturated carbocycles. The van der Waals surface area contributed by atoms with Crippen molar-refractivity contribution in [3.05, 3.63) is 40.8 Å². The van der Waals surface area contributed by atoms with E-state index in [0.29, 0.717) is 11.3 Å². The predicted molar refractivity (Wildman–Crippen MR) is 94.5 cm³/mol. The second-order valence-corrected chi connectivity index (χ2v) is 6.61. The summed E-state index contributed by atoms with van der Waals surface area (Å²) in [5.74, 6) is -0.647. The number of rotatable bonds is 5. The number of nitrogens with two attached hydrogens (primary N) is 2. The average molecular weight is 362 g/mol. The number of amidine groups is 1. The van der Waals surface area contributed by atoms with Crippen molar-refractivity contribution in [1.82, 2.24) is 4.90 Å². The molecule has 1 aromatic carbocycles. The maximum atomic E-state index is 13.7. The third-order valence-electron chi connectivity index (χ3n) is 5.23. The molecule has 26 heavy (non-hydrogen) atoms. The highest BCUT2D eigenvalue weighted by Gasteiger charge is 2.51. The number of ether oxygens (including phenoxy) is 1. The fourth-order valence-electron chi connectivity index (χ4n) is 3.72. The summed E-state index contributed by atoms with van der Waals surface area (Å²) < 4.78 is 18.5. The Kier molecular flexibility index (Phi) is 4.76. The molecule has 140 valence electrons. The molecule has 1 heterocycles. The van der Waals surface area contributed by atoms with Crippen LogP contribution in [0.1, 0.15) is 31.2 Å². The van der Waals surface area contributed by atoms with Crippen molar-refractivity contribution in [1.29, 1.82) is 0 Å². The Morgan fingerprint density at radius 1 is 1.38 bits per heavy atom. The van der Waals surface area contributed by atoms with E-state index in [-0.39, 0.29) is 29.7 Å². The van der Waals surface area contributed by atoms with Crippen LogP contribution in [0.25, 0.3) is 0 Å². The Labute approximate surface area is 151 Å². The Bertz CT molecular complexity index is 785. The quantitative estimate of drug-likeness (QED) is 0.471. The van der Waals surface area contributed by atoms with Gasteiger partial charge in [-0.1, -0.05) is 24.1 Å². The second kappa shape index (κ2) is 6.86. The first kappa shape index (κ1) is 18.0. The first-order valence-electron chi connectivity index (χ1n) is 8.47. The van der Waals surface area contributed by atoms with Crippen molar-refractivity contribution in [2.45, 2.75) is 37.8 Å². The molecule has 1 spiro atoms. The van der Waals surface area contributed by atoms with Crippen molar-refractivity contribution in [3.63, 3.8) is 0 Å². The first-order chi connectivity index (χ1) is 12.4. The van der Waals surface area contributed by atoms with Crippen LogP contribution < -0.4 is 16.2 Å². The molecule has 1 fully saturated rings. The minimum absolute atomic E-state index is 0.00394. The van der Waals surface area contributed by atoms with Crippen LogP contribution in [0.4, 0.5) is 4.39 Å². The van der Waals surface area contributed by atoms with Gasteiger partial charge in [-0.2, -0.15) is 0 Å². The molecule has 2 aliphatic rings. The molecule has 4 N–H and O–H groups in total. The molecule has 0 saturated heterocycles. The van der Waals surface area contributed by atoms with Gasteiger partial charge in [0.25, 0.3) is 5.91 Å². The molecule has 8 heteroatoms. The normalized spacial score (nSPS) is 19.6. The van der Waals surface area contributed by atoms with E-state index >= 15 is 0 Å². The van der Waals surface area contributed by atoms with Crippen molar-refractivity contribution in [2.24, 2.45) is 16.6 Å². The van der Waals surface area contributed by atoms with Crippen LogP contribution in [0, 0.1) is 5.82 Å². The number of nitrogens with zero attached hydrogens (tertiary/aromatic N) is 2. The van der Waals surface area contributed by atoms with Crippen LogP contribution >= 0.6 is 0 Å². The monoisotopic (exact) mass is 362 g/mol. The number of methoxy groups -OCH3 is 1. The number of carbonyl (C=O) groups excluding carboxylic acids is 1. The lowest BCUT2D eigenvalue weighted by Gasteiger charge is -2.33. The lowest BCUT2D eigenvalue weighted by atomic mass is 9.93. The van der Waals surface area contributed by atoms with Gasteiger partial charge in [-0.15, -0.1) is 0 Å². The minimum Gasteiger partial charge on any atom is -0.494 e. The first-order valence-corrected chi connectivity index (χ1v) is 8.47. The SMILES string of the molecule is COc1ccc(CO/N=C(\N)C2=C(N)C3(CCCC3)N(C)C2=O)cc1F. The Hall–Kier alpha value is -2.77. The number of carbonyl (C=O) groups is 1. The molecule has 0 unspecified atom stereocenters. The van der Waals surface area contributed by atoms with E-state index in [0.717, 1.165) is 25.7 Å². The van der Waals surface area contributed by atoms with E-state index in [1.165, 1.54) is 19.2 Å². The van der Waals surface area contributed by atoms with E-state index in [1.807, 2.05) is 0 Å². The molecule has 1 aliphatic carbocycles. The number of likely N-dealkylation sites (N-methyl/N-ethyl adjacent to an activating group) is 1. The summed E-state index contributed by atoms with van der Waals surface area (Å²) >= 11 is 0. The Balaban J connectivity index is 1.74. The fraction of sp³-hybridized carbons (Fsp3) is 0.444. The van der Waals surface area contributed by atoms with Gasteiger partial charge < -0.3 is 25.9 Å². The average Bonchev–Trinajstić information content (AvgIpc) is 3.17. The summed E-state index contributed by atoms with van der Waals surface area (Å²) in [5, 5.41) is 3.82. The number of hydrogen-bond acceptors (Lipinski definition) is 5. The third kappa shape index (κ3) is 2.85. The van der Waals surface area contributed by atoms with E-state index in [4.69, 9.17) is 21.0 Å². The Morgan fingerprint density at radius 3 is 2.69 bits per heavy atom.